The number of likely N-dealkylation sites (N-methyl/N-ethyl adjacent to an activating group) is 1. The molecule has 1 fully saturated rings. The smallest absolute Gasteiger partial charge is 0.192 e. The third-order valence-electron chi connectivity index (χ3n) is 4.62. The third-order valence-corrected chi connectivity index (χ3v) is 6.69. The van der Waals surface area contributed by atoms with Crippen molar-refractivity contribution in [3.63, 3.8) is 0 Å². The molecule has 0 spiro atoms. The monoisotopic (exact) mass is 347 g/mol. The van der Waals surface area contributed by atoms with Crippen LogP contribution in [0.15, 0.2) is 59.6 Å². The van der Waals surface area contributed by atoms with Crippen LogP contribution < -0.4 is 0 Å². The van der Waals surface area contributed by atoms with Gasteiger partial charge < -0.3 is 9.22 Å². The van der Waals surface area contributed by atoms with E-state index in [1.165, 1.54) is 0 Å². The molecule has 6 heteroatoms. The summed E-state index contributed by atoms with van der Waals surface area (Å²) in [6.45, 7) is 3.45. The maximum atomic E-state index is 13.3. The van der Waals surface area contributed by atoms with Gasteiger partial charge in [-0.05, 0) is 24.3 Å². The summed E-state index contributed by atoms with van der Waals surface area (Å²) < 4.78 is 32.7. The molecule has 5 nitrogen and oxygen atoms in total. The number of quaternary nitrogens is 1. The summed E-state index contributed by atoms with van der Waals surface area (Å²) in [6, 6.07) is 14.1. The van der Waals surface area contributed by atoms with Crippen molar-refractivity contribution >= 4 is 9.84 Å². The molecule has 2 heterocycles. The second-order valence-corrected chi connectivity index (χ2v) is 8.59. The summed E-state index contributed by atoms with van der Waals surface area (Å²) in [6.07, 6.45) is 1.65. The molecule has 0 unspecified atom stereocenters. The van der Waals surface area contributed by atoms with Crippen LogP contribution in [0.25, 0.3) is 0 Å². The molecular weight excluding hydrogens is 324 g/mol. The summed E-state index contributed by atoms with van der Waals surface area (Å²) in [7, 11) is -1.41. The number of ether oxygens (including phenoxy) is 1. The van der Waals surface area contributed by atoms with Gasteiger partial charge >= 0.3 is 0 Å². The first kappa shape index (κ1) is 17.1. The van der Waals surface area contributed by atoms with Crippen molar-refractivity contribution in [2.24, 2.45) is 0 Å². The van der Waals surface area contributed by atoms with E-state index < -0.39 is 15.1 Å². The summed E-state index contributed by atoms with van der Waals surface area (Å²) in [5.41, 5.74) is 0.604. The van der Waals surface area contributed by atoms with Crippen molar-refractivity contribution in [3.05, 3.63) is 60.4 Å². The van der Waals surface area contributed by atoms with Crippen molar-refractivity contribution in [2.75, 3.05) is 39.9 Å². The summed E-state index contributed by atoms with van der Waals surface area (Å²) in [5.74, 6) is 0. The molecular formula is C18H23N2O3S+. The number of rotatable bonds is 5. The highest BCUT2D eigenvalue weighted by Gasteiger charge is 2.38. The minimum atomic E-state index is -3.51. The fourth-order valence-corrected chi connectivity index (χ4v) is 4.94. The molecule has 2 aromatic rings. The van der Waals surface area contributed by atoms with Gasteiger partial charge in [-0.15, -0.1) is 0 Å². The molecule has 1 aliphatic heterocycles. The second kappa shape index (κ2) is 7.01. The standard InChI is InChI=1S/C18H23N2O3S/c1-20(11-13-23-14-12-20)15-18(17-9-5-6-10-19-17)24(21,22)16-7-3-2-4-8-16/h2-10,18H,11-15H2,1H3/q+1/t18-/m0/s1. The van der Waals surface area contributed by atoms with Gasteiger partial charge in [0.05, 0.1) is 30.9 Å². The van der Waals surface area contributed by atoms with Gasteiger partial charge in [0.15, 0.2) is 15.1 Å². The lowest BCUT2D eigenvalue weighted by atomic mass is 10.2. The fraction of sp³-hybridized carbons (Fsp3) is 0.389. The number of benzene rings is 1. The van der Waals surface area contributed by atoms with E-state index in [-0.39, 0.29) is 0 Å². The molecule has 0 amide bonds. The predicted molar refractivity (Wildman–Crippen MR) is 92.2 cm³/mol. The van der Waals surface area contributed by atoms with Gasteiger partial charge in [0, 0.05) is 6.20 Å². The van der Waals surface area contributed by atoms with Gasteiger partial charge in [-0.2, -0.15) is 0 Å². The maximum Gasteiger partial charge on any atom is 0.192 e. The summed E-state index contributed by atoms with van der Waals surface area (Å²) in [5, 5.41) is -0.663. The van der Waals surface area contributed by atoms with Crippen LogP contribution in [0.1, 0.15) is 10.9 Å². The Morgan fingerprint density at radius 1 is 1.08 bits per heavy atom. The largest absolute Gasteiger partial charge is 0.370 e. The van der Waals surface area contributed by atoms with E-state index in [0.29, 0.717) is 34.8 Å². The lowest BCUT2D eigenvalue weighted by molar-refractivity contribution is -0.917. The average molecular weight is 347 g/mol. The lowest BCUT2D eigenvalue weighted by Gasteiger charge is -2.39. The molecule has 128 valence electrons. The van der Waals surface area contributed by atoms with Crippen LogP contribution in [0.3, 0.4) is 0 Å². The van der Waals surface area contributed by atoms with E-state index in [0.717, 1.165) is 13.1 Å². The van der Waals surface area contributed by atoms with Crippen LogP contribution in [0.4, 0.5) is 0 Å². The van der Waals surface area contributed by atoms with Gasteiger partial charge in [0.1, 0.15) is 19.6 Å². The van der Waals surface area contributed by atoms with Gasteiger partial charge in [0.25, 0.3) is 0 Å². The van der Waals surface area contributed by atoms with Gasteiger partial charge in [0.2, 0.25) is 0 Å². The first-order valence-corrected chi connectivity index (χ1v) is 9.67. The molecule has 1 aromatic heterocycles. The van der Waals surface area contributed by atoms with Crippen LogP contribution in [-0.2, 0) is 14.6 Å². The van der Waals surface area contributed by atoms with Crippen molar-refractivity contribution in [1.82, 2.24) is 4.98 Å². The Morgan fingerprint density at radius 2 is 1.75 bits per heavy atom. The first-order valence-electron chi connectivity index (χ1n) is 8.12. The zero-order chi connectivity index (χ0) is 17.0. The molecule has 0 radical (unpaired) electrons. The van der Waals surface area contributed by atoms with Gasteiger partial charge in [-0.3, -0.25) is 4.98 Å². The van der Waals surface area contributed by atoms with Crippen molar-refractivity contribution < 1.29 is 17.6 Å². The lowest BCUT2D eigenvalue weighted by Crippen LogP contribution is -2.54. The van der Waals surface area contributed by atoms with Crippen molar-refractivity contribution in [2.45, 2.75) is 10.1 Å². The Labute approximate surface area is 143 Å². The molecule has 1 aliphatic rings. The van der Waals surface area contributed by atoms with E-state index in [1.54, 1.807) is 42.6 Å². The van der Waals surface area contributed by atoms with E-state index in [4.69, 9.17) is 4.74 Å². The molecule has 0 bridgehead atoms. The average Bonchev–Trinajstić information content (AvgIpc) is 2.62. The molecule has 1 atom stereocenters. The number of sulfone groups is 1. The van der Waals surface area contributed by atoms with Crippen LogP contribution in [0, 0.1) is 0 Å². The highest BCUT2D eigenvalue weighted by molar-refractivity contribution is 7.91. The zero-order valence-corrected chi connectivity index (χ0v) is 14.7. The number of nitrogens with zero attached hydrogens (tertiary/aromatic N) is 2. The maximum absolute atomic E-state index is 13.3. The molecule has 1 saturated heterocycles. The molecule has 3 rings (SSSR count). The predicted octanol–water partition coefficient (Wildman–Crippen LogP) is 2.07. The van der Waals surface area contributed by atoms with Crippen molar-refractivity contribution in [3.8, 4) is 0 Å². The topological polar surface area (TPSA) is 56.3 Å². The zero-order valence-electron chi connectivity index (χ0n) is 13.8. The number of hydrogen-bond acceptors (Lipinski definition) is 4. The Balaban J connectivity index is 2.00. The van der Waals surface area contributed by atoms with Gasteiger partial charge in [-0.1, -0.05) is 24.3 Å². The van der Waals surface area contributed by atoms with Gasteiger partial charge in [-0.25, -0.2) is 8.42 Å². The SMILES string of the molecule is C[N+]1(C[C@@H](c2ccccn2)S(=O)(=O)c2ccccc2)CCOCC1. The van der Waals surface area contributed by atoms with Crippen LogP contribution in [-0.4, -0.2) is 57.8 Å². The Kier molecular flexibility index (Phi) is 4.99. The van der Waals surface area contributed by atoms with Crippen LogP contribution >= 0.6 is 0 Å². The molecule has 24 heavy (non-hydrogen) atoms. The number of morpholine rings is 1. The summed E-state index contributed by atoms with van der Waals surface area (Å²) in [4.78, 5) is 4.69. The van der Waals surface area contributed by atoms with E-state index in [9.17, 15) is 8.42 Å². The Hall–Kier alpha value is -1.76. The molecule has 0 aliphatic carbocycles. The molecule has 0 N–H and O–H groups in total. The first-order chi connectivity index (χ1) is 11.5. The fourth-order valence-electron chi connectivity index (χ4n) is 3.06. The van der Waals surface area contributed by atoms with E-state index in [1.807, 2.05) is 12.1 Å². The highest BCUT2D eigenvalue weighted by atomic mass is 32.2. The third kappa shape index (κ3) is 3.66. The number of pyridine rings is 1. The minimum absolute atomic E-state index is 0.348. The quantitative estimate of drug-likeness (QED) is 0.777. The summed E-state index contributed by atoms with van der Waals surface area (Å²) >= 11 is 0. The normalized spacial score (nSPS) is 18.9. The van der Waals surface area contributed by atoms with Crippen LogP contribution in [0.5, 0.6) is 0 Å². The van der Waals surface area contributed by atoms with E-state index >= 15 is 0 Å². The number of hydrogen-bond donors (Lipinski definition) is 0. The Morgan fingerprint density at radius 3 is 2.38 bits per heavy atom. The van der Waals surface area contributed by atoms with Crippen LogP contribution in [0.2, 0.25) is 0 Å². The second-order valence-electron chi connectivity index (χ2n) is 6.46. The number of aromatic nitrogens is 1. The minimum Gasteiger partial charge on any atom is -0.370 e. The Bertz CT molecular complexity index is 757. The van der Waals surface area contributed by atoms with Crippen molar-refractivity contribution in [1.29, 1.82) is 0 Å². The molecule has 0 saturated carbocycles. The molecule has 1 aromatic carbocycles. The highest BCUT2D eigenvalue weighted by Crippen LogP contribution is 2.30. The van der Waals surface area contributed by atoms with E-state index in [2.05, 4.69) is 12.0 Å².